The summed E-state index contributed by atoms with van der Waals surface area (Å²) in [5, 5.41) is 6.12. The van der Waals surface area contributed by atoms with Crippen LogP contribution in [-0.4, -0.2) is 42.8 Å². The number of ether oxygens (including phenoxy) is 2. The molecule has 1 aliphatic rings. The molecule has 1 aliphatic carbocycles. The van der Waals surface area contributed by atoms with Gasteiger partial charge in [-0.05, 0) is 62.4 Å². The summed E-state index contributed by atoms with van der Waals surface area (Å²) >= 11 is 1.63. The van der Waals surface area contributed by atoms with Crippen LogP contribution in [0.1, 0.15) is 54.6 Å². The Morgan fingerprint density at radius 1 is 1.18 bits per heavy atom. The smallest absolute Gasteiger partial charge is 0.253 e. The Morgan fingerprint density at radius 3 is 2.65 bits per heavy atom. The van der Waals surface area contributed by atoms with Crippen LogP contribution in [0.15, 0.2) is 35.7 Å². The molecule has 2 aromatic heterocycles. The molecule has 1 saturated carbocycles. The summed E-state index contributed by atoms with van der Waals surface area (Å²) in [4.78, 5) is 18.0. The van der Waals surface area contributed by atoms with E-state index in [4.69, 9.17) is 14.5 Å². The van der Waals surface area contributed by atoms with Crippen molar-refractivity contribution in [3.8, 4) is 27.7 Å². The third-order valence-electron chi connectivity index (χ3n) is 6.69. The van der Waals surface area contributed by atoms with Gasteiger partial charge < -0.3 is 19.4 Å². The third kappa shape index (κ3) is 5.70. The molecule has 0 bridgehead atoms. The van der Waals surface area contributed by atoms with Gasteiger partial charge in [0.25, 0.3) is 5.91 Å². The second-order valence-electron chi connectivity index (χ2n) is 9.01. The molecule has 1 aromatic carbocycles. The van der Waals surface area contributed by atoms with Gasteiger partial charge in [-0.2, -0.15) is 0 Å². The lowest BCUT2D eigenvalue weighted by Crippen LogP contribution is -2.25. The van der Waals surface area contributed by atoms with Crippen LogP contribution in [0, 0.1) is 12.8 Å². The molecule has 0 saturated heterocycles. The van der Waals surface area contributed by atoms with Crippen molar-refractivity contribution >= 4 is 17.2 Å². The lowest BCUT2D eigenvalue weighted by atomic mass is 9.89. The first-order valence-corrected chi connectivity index (χ1v) is 13.1. The van der Waals surface area contributed by atoms with Crippen LogP contribution >= 0.6 is 11.3 Å². The first kappa shape index (κ1) is 24.5. The van der Waals surface area contributed by atoms with Crippen LogP contribution in [0.4, 0.5) is 0 Å². The van der Waals surface area contributed by atoms with E-state index in [2.05, 4.69) is 22.2 Å². The molecule has 182 valence electrons. The Hall–Kier alpha value is -2.64. The summed E-state index contributed by atoms with van der Waals surface area (Å²) < 4.78 is 12.7. The molecule has 1 fully saturated rings. The molecule has 6 nitrogen and oxygen atoms in total. The maximum absolute atomic E-state index is 13.0. The Bertz CT molecular complexity index is 1080. The molecular weight excluding hydrogens is 446 g/mol. The lowest BCUT2D eigenvalue weighted by Gasteiger charge is -2.24. The Morgan fingerprint density at radius 2 is 1.94 bits per heavy atom. The third-order valence-corrected chi connectivity index (χ3v) is 7.58. The van der Waals surface area contributed by atoms with Gasteiger partial charge in [0.15, 0.2) is 0 Å². The second-order valence-corrected chi connectivity index (χ2v) is 9.87. The average molecular weight is 482 g/mol. The number of hydrogen-bond donors (Lipinski definition) is 1. The van der Waals surface area contributed by atoms with Crippen molar-refractivity contribution in [3.05, 3.63) is 47.0 Å². The normalized spacial score (nSPS) is 14.3. The van der Waals surface area contributed by atoms with Gasteiger partial charge in [-0.1, -0.05) is 19.3 Å². The topological polar surface area (TPSA) is 65.4 Å². The number of carbonyl (C=O) groups is 1. The van der Waals surface area contributed by atoms with Gasteiger partial charge in [-0.15, -0.1) is 11.3 Å². The highest BCUT2D eigenvalue weighted by Crippen LogP contribution is 2.34. The van der Waals surface area contributed by atoms with E-state index in [1.807, 2.05) is 30.3 Å². The molecule has 1 N–H and O–H groups in total. The highest BCUT2D eigenvalue weighted by Gasteiger charge is 2.23. The number of aromatic nitrogens is 2. The summed E-state index contributed by atoms with van der Waals surface area (Å²) in [5.74, 6) is 1.46. The van der Waals surface area contributed by atoms with Crippen LogP contribution in [0.3, 0.4) is 0 Å². The van der Waals surface area contributed by atoms with E-state index >= 15 is 0 Å². The fourth-order valence-corrected chi connectivity index (χ4v) is 5.54. The summed E-state index contributed by atoms with van der Waals surface area (Å²) in [6, 6.07) is 10.0. The van der Waals surface area contributed by atoms with Gasteiger partial charge >= 0.3 is 0 Å². The second kappa shape index (κ2) is 11.7. The van der Waals surface area contributed by atoms with Crippen LogP contribution in [-0.2, 0) is 11.3 Å². The molecule has 34 heavy (non-hydrogen) atoms. The molecule has 4 rings (SSSR count). The number of thiazole rings is 1. The number of hydrogen-bond acceptors (Lipinski definition) is 5. The molecule has 0 unspecified atom stereocenters. The maximum Gasteiger partial charge on any atom is 0.253 e. The fraction of sp³-hybridized carbons (Fsp3) is 0.481. The minimum Gasteiger partial charge on any atom is -0.497 e. The van der Waals surface area contributed by atoms with Crippen molar-refractivity contribution < 1.29 is 14.3 Å². The first-order valence-electron chi connectivity index (χ1n) is 12.2. The molecule has 7 heteroatoms. The highest BCUT2D eigenvalue weighted by molar-refractivity contribution is 7.13. The lowest BCUT2D eigenvalue weighted by molar-refractivity contribution is 0.0948. The van der Waals surface area contributed by atoms with Crippen molar-refractivity contribution in [3.63, 3.8) is 0 Å². The standard InChI is InChI=1S/C27H35N3O3S/c1-19-23(26(31)28-14-7-15-32-2)16-25(30(19)17-20-8-5-4-6-9-20)24-18-34-27(29-24)21-10-12-22(33-3)13-11-21/h10-13,16,18,20H,4-9,14-15,17H2,1-3H3,(H,28,31). The zero-order valence-corrected chi connectivity index (χ0v) is 21.2. The minimum atomic E-state index is -0.0251. The SMILES string of the molecule is COCCCNC(=O)c1cc(-c2csc(-c3ccc(OC)cc3)n2)n(CC2CCCCC2)c1C. The first-order chi connectivity index (χ1) is 16.6. The van der Waals surface area contributed by atoms with E-state index in [9.17, 15) is 4.79 Å². The van der Waals surface area contributed by atoms with Crippen LogP contribution in [0.25, 0.3) is 22.0 Å². The van der Waals surface area contributed by atoms with Gasteiger partial charge in [0.2, 0.25) is 0 Å². The van der Waals surface area contributed by atoms with E-state index in [1.54, 1.807) is 25.6 Å². The number of carbonyl (C=O) groups excluding carboxylic acids is 1. The summed E-state index contributed by atoms with van der Waals surface area (Å²) in [6.45, 7) is 4.24. The van der Waals surface area contributed by atoms with Gasteiger partial charge in [0.1, 0.15) is 10.8 Å². The number of methoxy groups -OCH3 is 2. The van der Waals surface area contributed by atoms with E-state index in [-0.39, 0.29) is 5.91 Å². The fourth-order valence-electron chi connectivity index (χ4n) is 4.72. The van der Waals surface area contributed by atoms with E-state index in [0.29, 0.717) is 19.1 Å². The van der Waals surface area contributed by atoms with Crippen molar-refractivity contribution in [2.45, 2.75) is 52.0 Å². The van der Waals surface area contributed by atoms with Gasteiger partial charge in [-0.25, -0.2) is 4.98 Å². The molecular formula is C27H35N3O3S. The summed E-state index contributed by atoms with van der Waals surface area (Å²) in [7, 11) is 3.35. The highest BCUT2D eigenvalue weighted by atomic mass is 32.1. The molecule has 1 amide bonds. The van der Waals surface area contributed by atoms with E-state index in [1.165, 1.54) is 32.1 Å². The zero-order chi connectivity index (χ0) is 23.9. The van der Waals surface area contributed by atoms with Crippen LogP contribution in [0.2, 0.25) is 0 Å². The van der Waals surface area contributed by atoms with Crippen molar-refractivity contribution in [2.75, 3.05) is 27.4 Å². The van der Waals surface area contributed by atoms with Crippen molar-refractivity contribution in [2.24, 2.45) is 5.92 Å². The van der Waals surface area contributed by atoms with E-state index < -0.39 is 0 Å². The van der Waals surface area contributed by atoms with Crippen molar-refractivity contribution in [1.82, 2.24) is 14.9 Å². The Balaban J connectivity index is 1.63. The number of rotatable bonds is 10. The van der Waals surface area contributed by atoms with E-state index in [0.717, 1.165) is 51.9 Å². The largest absolute Gasteiger partial charge is 0.497 e. The molecule has 3 aromatic rings. The predicted molar refractivity (Wildman–Crippen MR) is 138 cm³/mol. The number of amides is 1. The molecule has 0 aliphatic heterocycles. The Labute approximate surface area is 206 Å². The Kier molecular flexibility index (Phi) is 8.40. The number of nitrogens with zero attached hydrogens (tertiary/aromatic N) is 2. The van der Waals surface area contributed by atoms with Crippen molar-refractivity contribution in [1.29, 1.82) is 0 Å². The summed E-state index contributed by atoms with van der Waals surface area (Å²) in [5.41, 5.74) is 4.77. The summed E-state index contributed by atoms with van der Waals surface area (Å²) in [6.07, 6.45) is 7.24. The molecule has 0 spiro atoms. The minimum absolute atomic E-state index is 0.0251. The van der Waals surface area contributed by atoms with Gasteiger partial charge in [-0.3, -0.25) is 4.79 Å². The molecule has 0 atom stereocenters. The van der Waals surface area contributed by atoms with Gasteiger partial charge in [0, 0.05) is 43.4 Å². The molecule has 0 radical (unpaired) electrons. The van der Waals surface area contributed by atoms with Crippen LogP contribution in [0.5, 0.6) is 5.75 Å². The molecule has 2 heterocycles. The maximum atomic E-state index is 13.0. The number of nitrogens with one attached hydrogen (secondary N) is 1. The quantitative estimate of drug-likeness (QED) is 0.364. The predicted octanol–water partition coefficient (Wildman–Crippen LogP) is 5.94. The van der Waals surface area contributed by atoms with Gasteiger partial charge in [0.05, 0.1) is 24.1 Å². The monoisotopic (exact) mass is 481 g/mol. The average Bonchev–Trinajstić information content (AvgIpc) is 3.48. The zero-order valence-electron chi connectivity index (χ0n) is 20.4. The van der Waals surface area contributed by atoms with Crippen LogP contribution < -0.4 is 10.1 Å². The number of benzene rings is 1.